The average Bonchev–Trinajstić information content (AvgIpc) is 2.22. The Kier molecular flexibility index (Phi) is 5.14. The Balaban J connectivity index is 2.86. The van der Waals surface area contributed by atoms with Crippen molar-refractivity contribution in [2.24, 2.45) is 0 Å². The minimum atomic E-state index is -0.364. The Labute approximate surface area is 101 Å². The van der Waals surface area contributed by atoms with Gasteiger partial charge in [0.1, 0.15) is 0 Å². The highest BCUT2D eigenvalue weighted by atomic mass is 35.5. The van der Waals surface area contributed by atoms with E-state index < -0.39 is 0 Å². The van der Waals surface area contributed by atoms with Crippen LogP contribution in [0.25, 0.3) is 0 Å². The summed E-state index contributed by atoms with van der Waals surface area (Å²) in [4.78, 5) is 0. The molecule has 0 amide bonds. The fourth-order valence-electron chi connectivity index (χ4n) is 1.14. The first-order valence-electron chi connectivity index (χ1n) is 5.14. The van der Waals surface area contributed by atoms with Crippen LogP contribution in [-0.4, -0.2) is 12.0 Å². The van der Waals surface area contributed by atoms with Gasteiger partial charge in [-0.1, -0.05) is 11.8 Å². The third kappa shape index (κ3) is 4.12. The lowest BCUT2D eigenvalue weighted by Crippen LogP contribution is -2.07. The predicted molar refractivity (Wildman–Crippen MR) is 64.4 cm³/mol. The van der Waals surface area contributed by atoms with Gasteiger partial charge in [-0.15, -0.1) is 11.6 Å². The molecule has 3 heteroatoms. The maximum Gasteiger partial charge on any atom is 0.165 e. The number of ether oxygens (including phenoxy) is 1. The first-order chi connectivity index (χ1) is 7.63. The van der Waals surface area contributed by atoms with Crippen molar-refractivity contribution in [2.45, 2.75) is 26.4 Å². The quantitative estimate of drug-likeness (QED) is 0.580. The summed E-state index contributed by atoms with van der Waals surface area (Å²) in [6.07, 6.45) is 0.569. The van der Waals surface area contributed by atoms with Crippen molar-refractivity contribution >= 4 is 11.6 Å². The number of alkyl halides is 1. The molecule has 0 saturated heterocycles. The second-order valence-corrected chi connectivity index (χ2v) is 3.93. The summed E-state index contributed by atoms with van der Waals surface area (Å²) >= 11 is 5.51. The van der Waals surface area contributed by atoms with Gasteiger partial charge in [0.25, 0.3) is 0 Å². The van der Waals surface area contributed by atoms with Gasteiger partial charge in [-0.25, -0.2) is 4.39 Å². The molecule has 1 aromatic carbocycles. The highest BCUT2D eigenvalue weighted by molar-refractivity contribution is 6.18. The van der Waals surface area contributed by atoms with Gasteiger partial charge in [0, 0.05) is 17.9 Å². The van der Waals surface area contributed by atoms with Gasteiger partial charge >= 0.3 is 0 Å². The van der Waals surface area contributed by atoms with Crippen LogP contribution < -0.4 is 4.74 Å². The van der Waals surface area contributed by atoms with Gasteiger partial charge in [-0.2, -0.15) is 0 Å². The van der Waals surface area contributed by atoms with E-state index in [0.717, 1.165) is 5.56 Å². The van der Waals surface area contributed by atoms with Crippen LogP contribution >= 0.6 is 11.6 Å². The van der Waals surface area contributed by atoms with Crippen molar-refractivity contribution in [1.29, 1.82) is 0 Å². The first-order valence-corrected chi connectivity index (χ1v) is 5.68. The number of hydrogen-bond donors (Lipinski definition) is 0. The minimum Gasteiger partial charge on any atom is -0.488 e. The van der Waals surface area contributed by atoms with Crippen molar-refractivity contribution in [3.63, 3.8) is 0 Å². The van der Waals surface area contributed by atoms with Crippen molar-refractivity contribution in [1.82, 2.24) is 0 Å². The zero-order chi connectivity index (χ0) is 12.0. The summed E-state index contributed by atoms with van der Waals surface area (Å²) in [5.74, 6) is 6.18. The molecule has 0 N–H and O–H groups in total. The summed E-state index contributed by atoms with van der Waals surface area (Å²) in [6.45, 7) is 3.70. The standard InChI is InChI=1S/C13H14ClFO/c1-10(2)16-13-9-11(5-3-4-8-14)6-7-12(13)15/h6-7,9-10H,4,8H2,1-2H3. The average molecular weight is 241 g/mol. The van der Waals surface area contributed by atoms with Gasteiger partial charge < -0.3 is 4.74 Å². The van der Waals surface area contributed by atoms with E-state index in [1.54, 1.807) is 12.1 Å². The smallest absolute Gasteiger partial charge is 0.165 e. The van der Waals surface area contributed by atoms with Crippen LogP contribution in [0.1, 0.15) is 25.8 Å². The monoisotopic (exact) mass is 240 g/mol. The van der Waals surface area contributed by atoms with Crippen LogP contribution in [0.2, 0.25) is 0 Å². The SMILES string of the molecule is CC(C)Oc1cc(C#CCCCl)ccc1F. The predicted octanol–water partition coefficient (Wildman–Crippen LogP) is 3.59. The zero-order valence-corrected chi connectivity index (χ0v) is 10.1. The molecule has 0 aliphatic rings. The fourth-order valence-corrected chi connectivity index (χ4v) is 1.23. The summed E-state index contributed by atoms with van der Waals surface area (Å²) < 4.78 is 18.6. The molecule has 0 aliphatic heterocycles. The van der Waals surface area contributed by atoms with Gasteiger partial charge in [0.15, 0.2) is 11.6 Å². The van der Waals surface area contributed by atoms with E-state index in [4.69, 9.17) is 16.3 Å². The molecule has 0 aliphatic carbocycles. The van der Waals surface area contributed by atoms with Crippen molar-refractivity contribution in [2.75, 3.05) is 5.88 Å². The normalized spacial score (nSPS) is 9.81. The molecule has 0 radical (unpaired) electrons. The Hall–Kier alpha value is -1.20. The Morgan fingerprint density at radius 3 is 2.81 bits per heavy atom. The zero-order valence-electron chi connectivity index (χ0n) is 9.39. The number of halogens is 2. The molecule has 0 unspecified atom stereocenters. The van der Waals surface area contributed by atoms with E-state index in [1.807, 2.05) is 13.8 Å². The summed E-state index contributed by atoms with van der Waals surface area (Å²) in [5, 5.41) is 0. The minimum absolute atomic E-state index is 0.0550. The first kappa shape index (κ1) is 12.9. The lowest BCUT2D eigenvalue weighted by molar-refractivity contribution is 0.231. The molecule has 1 aromatic rings. The highest BCUT2D eigenvalue weighted by Crippen LogP contribution is 2.19. The van der Waals surface area contributed by atoms with Crippen LogP contribution in [0.3, 0.4) is 0 Å². The molecular weight excluding hydrogens is 227 g/mol. The van der Waals surface area contributed by atoms with Crippen LogP contribution in [0.5, 0.6) is 5.75 Å². The molecular formula is C13H14ClFO. The number of rotatable bonds is 3. The topological polar surface area (TPSA) is 9.23 Å². The Morgan fingerprint density at radius 1 is 1.44 bits per heavy atom. The summed E-state index contributed by atoms with van der Waals surface area (Å²) in [6, 6.07) is 4.60. The molecule has 0 atom stereocenters. The highest BCUT2D eigenvalue weighted by Gasteiger charge is 2.05. The van der Waals surface area contributed by atoms with Crippen LogP contribution in [0.4, 0.5) is 4.39 Å². The lowest BCUT2D eigenvalue weighted by Gasteiger charge is -2.10. The third-order valence-electron chi connectivity index (χ3n) is 1.75. The number of hydrogen-bond acceptors (Lipinski definition) is 1. The molecule has 1 nitrogen and oxygen atoms in total. The van der Waals surface area contributed by atoms with Gasteiger partial charge in [-0.3, -0.25) is 0 Å². The second-order valence-electron chi connectivity index (χ2n) is 3.55. The number of benzene rings is 1. The Bertz CT molecular complexity index is 404. The Morgan fingerprint density at radius 2 is 2.19 bits per heavy atom. The van der Waals surface area contributed by atoms with E-state index >= 15 is 0 Å². The van der Waals surface area contributed by atoms with Crippen molar-refractivity contribution < 1.29 is 9.13 Å². The second kappa shape index (κ2) is 6.40. The molecule has 16 heavy (non-hydrogen) atoms. The fraction of sp³-hybridized carbons (Fsp3) is 0.385. The van der Waals surface area contributed by atoms with Crippen LogP contribution in [0.15, 0.2) is 18.2 Å². The molecule has 0 fully saturated rings. The van der Waals surface area contributed by atoms with Crippen LogP contribution in [-0.2, 0) is 0 Å². The van der Waals surface area contributed by atoms with E-state index in [2.05, 4.69) is 11.8 Å². The third-order valence-corrected chi connectivity index (χ3v) is 1.94. The van der Waals surface area contributed by atoms with Crippen LogP contribution in [0, 0.1) is 17.7 Å². The molecule has 86 valence electrons. The molecule has 0 aromatic heterocycles. The maximum atomic E-state index is 13.3. The summed E-state index contributed by atoms with van der Waals surface area (Å²) in [5.41, 5.74) is 0.738. The summed E-state index contributed by atoms with van der Waals surface area (Å²) in [7, 11) is 0. The maximum absolute atomic E-state index is 13.3. The van der Waals surface area contributed by atoms with E-state index in [-0.39, 0.29) is 17.7 Å². The van der Waals surface area contributed by atoms with Crippen molar-refractivity contribution in [3.05, 3.63) is 29.6 Å². The van der Waals surface area contributed by atoms with Gasteiger partial charge in [0.05, 0.1) is 6.10 Å². The van der Waals surface area contributed by atoms with E-state index in [0.29, 0.717) is 12.3 Å². The molecule has 0 spiro atoms. The molecule has 0 bridgehead atoms. The largest absolute Gasteiger partial charge is 0.488 e. The van der Waals surface area contributed by atoms with Crippen molar-refractivity contribution in [3.8, 4) is 17.6 Å². The van der Waals surface area contributed by atoms with Gasteiger partial charge in [-0.05, 0) is 32.0 Å². The molecule has 0 saturated carbocycles. The molecule has 1 rings (SSSR count). The molecule has 0 heterocycles. The van der Waals surface area contributed by atoms with E-state index in [1.165, 1.54) is 6.07 Å². The lowest BCUT2D eigenvalue weighted by atomic mass is 10.2. The van der Waals surface area contributed by atoms with Gasteiger partial charge in [0.2, 0.25) is 0 Å². The van der Waals surface area contributed by atoms with E-state index in [9.17, 15) is 4.39 Å².